The normalized spacial score (nSPS) is 13.1. The van der Waals surface area contributed by atoms with Gasteiger partial charge in [0.15, 0.2) is 0 Å². The fourth-order valence-corrected chi connectivity index (χ4v) is 4.01. The second-order valence-electron chi connectivity index (χ2n) is 6.93. The summed E-state index contributed by atoms with van der Waals surface area (Å²) in [4.78, 5) is 34.7. The smallest absolute Gasteiger partial charge is 0.407 e. The third kappa shape index (κ3) is 5.33. The number of carboxylic acids is 1. The van der Waals surface area contributed by atoms with Gasteiger partial charge in [0, 0.05) is 18.2 Å². The van der Waals surface area contributed by atoms with Crippen molar-refractivity contribution in [2.45, 2.75) is 18.9 Å². The molecule has 3 N–H and O–H groups in total. The monoisotopic (exact) mass is 428 g/mol. The van der Waals surface area contributed by atoms with Gasteiger partial charge in [-0.05, 0) is 29.2 Å². The maximum Gasteiger partial charge on any atom is 0.407 e. The molecule has 1 aliphatic carbocycles. The maximum absolute atomic E-state index is 12.2. The molecule has 0 aromatic heterocycles. The molecule has 8 heteroatoms. The van der Waals surface area contributed by atoms with Crippen LogP contribution < -0.4 is 10.6 Å². The molecule has 158 valence electrons. The number of hydrogen-bond acceptors (Lipinski definition) is 5. The van der Waals surface area contributed by atoms with Crippen molar-refractivity contribution in [2.24, 2.45) is 0 Å². The van der Waals surface area contributed by atoms with E-state index in [0.717, 1.165) is 22.3 Å². The van der Waals surface area contributed by atoms with Crippen LogP contribution in [0.5, 0.6) is 0 Å². The third-order valence-corrected chi connectivity index (χ3v) is 5.79. The van der Waals surface area contributed by atoms with Crippen molar-refractivity contribution in [1.82, 2.24) is 10.6 Å². The summed E-state index contributed by atoms with van der Waals surface area (Å²) in [5.74, 6) is -0.811. The molecule has 3 rings (SSSR count). The molecule has 0 saturated carbocycles. The highest BCUT2D eigenvalue weighted by Gasteiger charge is 2.29. The van der Waals surface area contributed by atoms with E-state index < -0.39 is 18.1 Å². The molecule has 2 aromatic carbocycles. The molecule has 0 saturated heterocycles. The van der Waals surface area contributed by atoms with E-state index in [1.54, 1.807) is 6.92 Å². The van der Waals surface area contributed by atoms with E-state index in [0.29, 0.717) is 12.3 Å². The van der Waals surface area contributed by atoms with E-state index in [1.165, 1.54) is 11.8 Å². The van der Waals surface area contributed by atoms with Crippen molar-refractivity contribution in [2.75, 3.05) is 24.7 Å². The van der Waals surface area contributed by atoms with Crippen LogP contribution in [0.1, 0.15) is 24.0 Å². The van der Waals surface area contributed by atoms with Gasteiger partial charge in [-0.1, -0.05) is 48.5 Å². The number of hydrogen-bond donors (Lipinski definition) is 3. The fraction of sp³-hybridized carbons (Fsp3) is 0.318. The van der Waals surface area contributed by atoms with Crippen molar-refractivity contribution < 1.29 is 24.2 Å². The summed E-state index contributed by atoms with van der Waals surface area (Å²) in [6.07, 6.45) is -0.653. The lowest BCUT2D eigenvalue weighted by molar-refractivity contribution is -0.133. The number of rotatable bonds is 9. The largest absolute Gasteiger partial charge is 0.481 e. The lowest BCUT2D eigenvalue weighted by Gasteiger charge is -2.17. The van der Waals surface area contributed by atoms with Crippen LogP contribution in [-0.2, 0) is 14.3 Å². The van der Waals surface area contributed by atoms with Gasteiger partial charge < -0.3 is 20.5 Å². The molecule has 0 radical (unpaired) electrons. The molecule has 1 atom stereocenters. The number of nitrogens with one attached hydrogen (secondary N) is 2. The number of carbonyl (C=O) groups excluding carboxylic acids is 2. The second-order valence-corrected chi connectivity index (χ2v) is 8.03. The van der Waals surface area contributed by atoms with Gasteiger partial charge in [0.25, 0.3) is 0 Å². The first-order chi connectivity index (χ1) is 14.5. The highest BCUT2D eigenvalue weighted by Crippen LogP contribution is 2.44. The first-order valence-electron chi connectivity index (χ1n) is 9.66. The molecule has 0 fully saturated rings. The molecule has 0 heterocycles. The van der Waals surface area contributed by atoms with Gasteiger partial charge in [-0.2, -0.15) is 0 Å². The van der Waals surface area contributed by atoms with Gasteiger partial charge in [0.1, 0.15) is 12.6 Å². The van der Waals surface area contributed by atoms with Gasteiger partial charge in [-0.15, -0.1) is 11.8 Å². The fourth-order valence-electron chi connectivity index (χ4n) is 3.44. The zero-order chi connectivity index (χ0) is 21.5. The number of thioether (sulfide) groups is 1. The number of ether oxygens (including phenoxy) is 1. The molecule has 0 unspecified atom stereocenters. The Balaban J connectivity index is 1.48. The van der Waals surface area contributed by atoms with E-state index in [4.69, 9.17) is 9.84 Å². The summed E-state index contributed by atoms with van der Waals surface area (Å²) in [6.45, 7) is 2.08. The topological polar surface area (TPSA) is 105 Å². The Morgan fingerprint density at radius 2 is 1.67 bits per heavy atom. The predicted molar refractivity (Wildman–Crippen MR) is 116 cm³/mol. The van der Waals surface area contributed by atoms with Gasteiger partial charge in [-0.3, -0.25) is 9.59 Å². The number of carboxylic acid groups (broad SMARTS) is 1. The molecule has 7 nitrogen and oxygen atoms in total. The molecule has 2 amide bonds. The minimum Gasteiger partial charge on any atom is -0.481 e. The zero-order valence-corrected chi connectivity index (χ0v) is 17.4. The highest BCUT2D eigenvalue weighted by molar-refractivity contribution is 7.99. The lowest BCUT2D eigenvalue weighted by Crippen LogP contribution is -2.45. The molecule has 30 heavy (non-hydrogen) atoms. The Morgan fingerprint density at radius 1 is 1.07 bits per heavy atom. The van der Waals surface area contributed by atoms with Crippen molar-refractivity contribution in [1.29, 1.82) is 0 Å². The lowest BCUT2D eigenvalue weighted by atomic mass is 9.98. The number of amides is 2. The van der Waals surface area contributed by atoms with Crippen LogP contribution in [0.2, 0.25) is 0 Å². The average molecular weight is 429 g/mol. The van der Waals surface area contributed by atoms with E-state index in [2.05, 4.69) is 22.8 Å². The first-order valence-corrected chi connectivity index (χ1v) is 10.8. The Morgan fingerprint density at radius 3 is 2.27 bits per heavy atom. The SMILES string of the molecule is C[C@@H](NC(=O)OCC1c2ccccc2-c2ccccc21)C(=O)NCCSCC(=O)O. The van der Waals surface area contributed by atoms with Gasteiger partial charge in [0.05, 0.1) is 5.75 Å². The Hall–Kier alpha value is -3.00. The molecule has 0 spiro atoms. The second kappa shape index (κ2) is 10.2. The van der Waals surface area contributed by atoms with Crippen LogP contribution in [0.3, 0.4) is 0 Å². The quantitative estimate of drug-likeness (QED) is 0.531. The zero-order valence-electron chi connectivity index (χ0n) is 16.6. The molecular weight excluding hydrogens is 404 g/mol. The Kier molecular flexibility index (Phi) is 7.35. The van der Waals surface area contributed by atoms with Gasteiger partial charge in [0.2, 0.25) is 5.91 Å². The Bertz CT molecular complexity index is 888. The standard InChI is InChI=1S/C22H24N2O5S/c1-14(21(27)23-10-11-30-13-20(25)26)24-22(28)29-12-19-17-8-4-2-6-15(17)16-7-3-5-9-18(16)19/h2-9,14,19H,10-13H2,1H3,(H,23,27)(H,24,28)(H,25,26)/t14-/m1/s1. The molecule has 1 aliphatic rings. The van der Waals surface area contributed by atoms with E-state index >= 15 is 0 Å². The summed E-state index contributed by atoms with van der Waals surface area (Å²) in [5, 5.41) is 13.8. The van der Waals surface area contributed by atoms with E-state index in [9.17, 15) is 14.4 Å². The summed E-state index contributed by atoms with van der Waals surface area (Å²) >= 11 is 1.21. The van der Waals surface area contributed by atoms with Gasteiger partial charge in [-0.25, -0.2) is 4.79 Å². The summed E-state index contributed by atoms with van der Waals surface area (Å²) in [6, 6.07) is 15.4. The summed E-state index contributed by atoms with van der Waals surface area (Å²) < 4.78 is 5.43. The first kappa shape index (κ1) is 21.7. The Labute approximate surface area is 179 Å². The summed E-state index contributed by atoms with van der Waals surface area (Å²) in [7, 11) is 0. The third-order valence-electron chi connectivity index (χ3n) is 4.84. The van der Waals surface area contributed by atoms with Crippen LogP contribution in [0.25, 0.3) is 11.1 Å². The van der Waals surface area contributed by atoms with Crippen molar-refractivity contribution in [3.05, 3.63) is 59.7 Å². The number of carbonyl (C=O) groups is 3. The minimum atomic E-state index is -0.892. The average Bonchev–Trinajstić information content (AvgIpc) is 3.05. The number of fused-ring (bicyclic) bond motifs is 3. The van der Waals surface area contributed by atoms with Crippen molar-refractivity contribution in [3.8, 4) is 11.1 Å². The maximum atomic E-state index is 12.2. The van der Waals surface area contributed by atoms with Gasteiger partial charge >= 0.3 is 12.1 Å². The van der Waals surface area contributed by atoms with Crippen molar-refractivity contribution >= 4 is 29.7 Å². The number of benzene rings is 2. The molecular formula is C22H24N2O5S. The van der Waals surface area contributed by atoms with Crippen molar-refractivity contribution in [3.63, 3.8) is 0 Å². The van der Waals surface area contributed by atoms with Crippen LogP contribution in [0.4, 0.5) is 4.79 Å². The highest BCUT2D eigenvalue weighted by atomic mass is 32.2. The van der Waals surface area contributed by atoms with E-state index in [1.807, 2.05) is 36.4 Å². The van der Waals surface area contributed by atoms with E-state index in [-0.39, 0.29) is 24.2 Å². The number of alkyl carbamates (subject to hydrolysis) is 1. The van der Waals surface area contributed by atoms with Crippen LogP contribution in [0.15, 0.2) is 48.5 Å². The van der Waals surface area contributed by atoms with Crippen LogP contribution in [0, 0.1) is 0 Å². The van der Waals surface area contributed by atoms with Crippen LogP contribution in [-0.4, -0.2) is 53.8 Å². The minimum absolute atomic E-state index is 0.0105. The number of aliphatic carboxylic acids is 1. The molecule has 0 bridgehead atoms. The molecule has 2 aromatic rings. The molecule has 0 aliphatic heterocycles. The van der Waals surface area contributed by atoms with Crippen LogP contribution >= 0.6 is 11.8 Å². The summed E-state index contributed by atoms with van der Waals surface area (Å²) in [5.41, 5.74) is 4.54. The predicted octanol–water partition coefficient (Wildman–Crippen LogP) is 2.85.